The Morgan fingerprint density at radius 2 is 2.11 bits per heavy atom. The quantitative estimate of drug-likeness (QED) is 0.900. The second-order valence-electron chi connectivity index (χ2n) is 5.04. The van der Waals surface area contributed by atoms with Gasteiger partial charge in [-0.05, 0) is 37.2 Å². The van der Waals surface area contributed by atoms with Crippen molar-refractivity contribution < 1.29 is 5.11 Å². The first-order chi connectivity index (χ1) is 9.19. The minimum absolute atomic E-state index is 0.00118. The Balaban J connectivity index is 2.06. The molecule has 0 bridgehead atoms. The first-order valence-electron chi connectivity index (χ1n) is 7.07. The van der Waals surface area contributed by atoms with Crippen molar-refractivity contribution in [1.82, 2.24) is 4.90 Å². The Morgan fingerprint density at radius 3 is 2.68 bits per heavy atom. The van der Waals surface area contributed by atoms with Gasteiger partial charge in [-0.2, -0.15) is 0 Å². The molecule has 1 aliphatic rings. The van der Waals surface area contributed by atoms with E-state index in [1.807, 2.05) is 12.1 Å². The minimum atomic E-state index is 0.00118. The van der Waals surface area contributed by atoms with Gasteiger partial charge in [0.25, 0.3) is 0 Å². The molecule has 0 aromatic heterocycles. The first-order valence-corrected chi connectivity index (χ1v) is 7.45. The maximum atomic E-state index is 9.15. The molecule has 0 saturated carbocycles. The summed E-state index contributed by atoms with van der Waals surface area (Å²) in [4.78, 5) is 4.90. The molecular formula is C15H23ClN2O. The van der Waals surface area contributed by atoms with Crippen molar-refractivity contribution in [1.29, 1.82) is 0 Å². The van der Waals surface area contributed by atoms with E-state index >= 15 is 0 Å². The normalized spacial score (nSPS) is 19.4. The van der Waals surface area contributed by atoms with E-state index in [9.17, 15) is 0 Å². The standard InChI is InChI=1S/C15H23ClN2O/c1-3-17(4-2)14-7-8-18(10-14)13-6-5-12(11-19)15(16)9-13/h5-6,9,14,19H,3-4,7-8,10-11H2,1-2H3. The molecule has 3 nitrogen and oxygen atoms in total. The molecule has 0 amide bonds. The van der Waals surface area contributed by atoms with Crippen LogP contribution in [-0.2, 0) is 6.61 Å². The van der Waals surface area contributed by atoms with Gasteiger partial charge in [0.05, 0.1) is 6.61 Å². The van der Waals surface area contributed by atoms with Crippen LogP contribution in [0.1, 0.15) is 25.8 Å². The second kappa shape index (κ2) is 6.60. The molecule has 0 spiro atoms. The van der Waals surface area contributed by atoms with Gasteiger partial charge in [-0.3, -0.25) is 4.90 Å². The van der Waals surface area contributed by atoms with Crippen LogP contribution in [0.15, 0.2) is 18.2 Å². The second-order valence-corrected chi connectivity index (χ2v) is 5.45. The van der Waals surface area contributed by atoms with E-state index < -0.39 is 0 Å². The Morgan fingerprint density at radius 1 is 1.37 bits per heavy atom. The van der Waals surface area contributed by atoms with Crippen molar-refractivity contribution in [2.75, 3.05) is 31.1 Å². The smallest absolute Gasteiger partial charge is 0.0696 e. The van der Waals surface area contributed by atoms with Gasteiger partial charge in [-0.15, -0.1) is 0 Å². The molecule has 1 N–H and O–H groups in total. The Bertz CT molecular complexity index is 421. The summed E-state index contributed by atoms with van der Waals surface area (Å²) in [6.07, 6.45) is 1.21. The molecule has 106 valence electrons. The van der Waals surface area contributed by atoms with Crippen molar-refractivity contribution >= 4 is 17.3 Å². The summed E-state index contributed by atoms with van der Waals surface area (Å²) in [5.41, 5.74) is 1.96. The summed E-state index contributed by atoms with van der Waals surface area (Å²) in [6.45, 7) is 8.81. The van der Waals surface area contributed by atoms with Crippen LogP contribution in [0.3, 0.4) is 0 Å². The molecule has 19 heavy (non-hydrogen) atoms. The third-order valence-corrected chi connectivity index (χ3v) is 4.42. The van der Waals surface area contributed by atoms with E-state index in [2.05, 4.69) is 29.7 Å². The van der Waals surface area contributed by atoms with Gasteiger partial charge in [0.1, 0.15) is 0 Å². The molecule has 1 unspecified atom stereocenters. The molecule has 1 aromatic rings. The molecule has 1 aliphatic heterocycles. The number of hydrogen-bond acceptors (Lipinski definition) is 3. The fraction of sp³-hybridized carbons (Fsp3) is 0.600. The highest BCUT2D eigenvalue weighted by Crippen LogP contribution is 2.27. The highest BCUT2D eigenvalue weighted by molar-refractivity contribution is 6.31. The first kappa shape index (κ1) is 14.6. The van der Waals surface area contributed by atoms with Gasteiger partial charge in [0.2, 0.25) is 0 Å². The molecular weight excluding hydrogens is 260 g/mol. The van der Waals surface area contributed by atoms with Crippen molar-refractivity contribution in [3.63, 3.8) is 0 Å². The number of halogens is 1. The predicted molar refractivity (Wildman–Crippen MR) is 80.9 cm³/mol. The lowest BCUT2D eigenvalue weighted by atomic mass is 10.2. The number of rotatable bonds is 5. The molecule has 0 radical (unpaired) electrons. The Labute approximate surface area is 120 Å². The van der Waals surface area contributed by atoms with Crippen LogP contribution in [0.2, 0.25) is 5.02 Å². The fourth-order valence-corrected chi connectivity index (χ4v) is 3.11. The number of anilines is 1. The maximum absolute atomic E-state index is 9.15. The van der Waals surface area contributed by atoms with Crippen molar-refractivity contribution in [2.24, 2.45) is 0 Å². The lowest BCUT2D eigenvalue weighted by Gasteiger charge is -2.26. The van der Waals surface area contributed by atoms with Crippen molar-refractivity contribution in [2.45, 2.75) is 32.9 Å². The summed E-state index contributed by atoms with van der Waals surface area (Å²) >= 11 is 6.16. The predicted octanol–water partition coefficient (Wildman–Crippen LogP) is 2.75. The molecule has 1 fully saturated rings. The number of aliphatic hydroxyl groups is 1. The van der Waals surface area contributed by atoms with E-state index in [0.717, 1.165) is 37.4 Å². The van der Waals surface area contributed by atoms with Gasteiger partial charge in [-0.1, -0.05) is 31.5 Å². The molecule has 4 heteroatoms. The summed E-state index contributed by atoms with van der Waals surface area (Å²) in [5, 5.41) is 9.81. The van der Waals surface area contributed by atoms with Gasteiger partial charge < -0.3 is 10.0 Å². The Hall–Kier alpha value is -0.770. The average Bonchev–Trinajstić information content (AvgIpc) is 2.90. The van der Waals surface area contributed by atoms with Gasteiger partial charge in [-0.25, -0.2) is 0 Å². The Kier molecular flexibility index (Phi) is 5.08. The van der Waals surface area contributed by atoms with Crippen LogP contribution in [0.4, 0.5) is 5.69 Å². The molecule has 2 rings (SSSR count). The van der Waals surface area contributed by atoms with Crippen molar-refractivity contribution in [3.8, 4) is 0 Å². The SMILES string of the molecule is CCN(CC)C1CCN(c2ccc(CO)c(Cl)c2)C1. The highest BCUT2D eigenvalue weighted by Gasteiger charge is 2.26. The lowest BCUT2D eigenvalue weighted by Crippen LogP contribution is -2.37. The highest BCUT2D eigenvalue weighted by atomic mass is 35.5. The van der Waals surface area contributed by atoms with Crippen LogP contribution >= 0.6 is 11.6 Å². The topological polar surface area (TPSA) is 26.7 Å². The van der Waals surface area contributed by atoms with E-state index in [1.54, 1.807) is 0 Å². The van der Waals surface area contributed by atoms with E-state index in [1.165, 1.54) is 6.42 Å². The molecule has 1 heterocycles. The van der Waals surface area contributed by atoms with Crippen LogP contribution in [0, 0.1) is 0 Å². The zero-order valence-corrected chi connectivity index (χ0v) is 12.5. The van der Waals surface area contributed by atoms with Gasteiger partial charge in [0, 0.05) is 29.8 Å². The largest absolute Gasteiger partial charge is 0.392 e. The summed E-state index contributed by atoms with van der Waals surface area (Å²) in [6, 6.07) is 6.59. The van der Waals surface area contributed by atoms with E-state index in [4.69, 9.17) is 16.7 Å². The monoisotopic (exact) mass is 282 g/mol. The van der Waals surface area contributed by atoms with Crippen molar-refractivity contribution in [3.05, 3.63) is 28.8 Å². The molecule has 1 atom stereocenters. The number of likely N-dealkylation sites (N-methyl/N-ethyl adjacent to an activating group) is 1. The van der Waals surface area contributed by atoms with Gasteiger partial charge >= 0.3 is 0 Å². The maximum Gasteiger partial charge on any atom is 0.0696 e. The molecule has 1 aromatic carbocycles. The van der Waals surface area contributed by atoms with Crippen LogP contribution in [0.5, 0.6) is 0 Å². The third-order valence-electron chi connectivity index (χ3n) is 4.06. The zero-order valence-electron chi connectivity index (χ0n) is 11.8. The van der Waals surface area contributed by atoms with E-state index in [-0.39, 0.29) is 6.61 Å². The number of aliphatic hydroxyl groups excluding tert-OH is 1. The minimum Gasteiger partial charge on any atom is -0.392 e. The van der Waals surface area contributed by atoms with Crippen LogP contribution < -0.4 is 4.90 Å². The van der Waals surface area contributed by atoms with E-state index in [0.29, 0.717) is 11.1 Å². The lowest BCUT2D eigenvalue weighted by molar-refractivity contribution is 0.232. The number of benzene rings is 1. The number of hydrogen-bond donors (Lipinski definition) is 1. The summed E-state index contributed by atoms with van der Waals surface area (Å²) in [7, 11) is 0. The summed E-state index contributed by atoms with van der Waals surface area (Å²) < 4.78 is 0. The average molecular weight is 283 g/mol. The zero-order chi connectivity index (χ0) is 13.8. The van der Waals surface area contributed by atoms with Crippen LogP contribution in [0.25, 0.3) is 0 Å². The van der Waals surface area contributed by atoms with Gasteiger partial charge in [0.15, 0.2) is 0 Å². The summed E-state index contributed by atoms with van der Waals surface area (Å²) in [5.74, 6) is 0. The number of nitrogens with zero attached hydrogens (tertiary/aromatic N) is 2. The third kappa shape index (κ3) is 3.22. The fourth-order valence-electron chi connectivity index (χ4n) is 2.88. The molecule has 0 aliphatic carbocycles. The molecule has 1 saturated heterocycles. The van der Waals surface area contributed by atoms with Crippen LogP contribution in [-0.4, -0.2) is 42.2 Å².